The summed E-state index contributed by atoms with van der Waals surface area (Å²) >= 11 is 0. The first-order valence-corrected chi connectivity index (χ1v) is 17.8. The van der Waals surface area contributed by atoms with E-state index in [1.807, 2.05) is 0 Å². The second-order valence-electron chi connectivity index (χ2n) is 11.2. The molecule has 0 aliphatic carbocycles. The van der Waals surface area contributed by atoms with Crippen LogP contribution in [-0.4, -0.2) is 122 Å². The van der Waals surface area contributed by atoms with Gasteiger partial charge in [0.05, 0.1) is 117 Å². The zero-order chi connectivity index (χ0) is 34.6. The van der Waals surface area contributed by atoms with Crippen LogP contribution in [0.1, 0.15) is 76.7 Å². The van der Waals surface area contributed by atoms with Crippen molar-refractivity contribution in [1.82, 2.24) is 0 Å². The Balaban J connectivity index is 1.67. The summed E-state index contributed by atoms with van der Waals surface area (Å²) in [5.41, 5.74) is 0.262. The smallest absolute Gasteiger partial charge is 0.270 e. The minimum atomic E-state index is -0.517. The van der Waals surface area contributed by atoms with E-state index in [4.69, 9.17) is 42.6 Å². The maximum absolute atomic E-state index is 10.8. The fourth-order valence-electron chi connectivity index (χ4n) is 4.43. The maximum atomic E-state index is 10.8. The second kappa shape index (κ2) is 34.9. The van der Waals surface area contributed by atoms with Crippen LogP contribution in [0.2, 0.25) is 0 Å². The molecule has 280 valence electrons. The Morgan fingerprint density at radius 2 is 0.833 bits per heavy atom. The Bertz CT molecular complexity index is 848. The molecule has 13 nitrogen and oxygen atoms in total. The highest BCUT2D eigenvalue weighted by Gasteiger charge is 2.10. The Morgan fingerprint density at radius 3 is 1.21 bits per heavy atom. The number of hydrogen-bond donors (Lipinski definition) is 1. The van der Waals surface area contributed by atoms with E-state index in [1.165, 1.54) is 76.0 Å². The number of rotatable bonds is 38. The molecule has 1 rings (SSSR count). The topological polar surface area (TPSA) is 146 Å². The Morgan fingerprint density at radius 1 is 0.500 bits per heavy atom. The van der Waals surface area contributed by atoms with Gasteiger partial charge < -0.3 is 47.7 Å². The lowest BCUT2D eigenvalue weighted by atomic mass is 10.1. The number of nitrogens with zero attached hydrogens (tertiary/aromatic N) is 1. The third-order valence-corrected chi connectivity index (χ3v) is 7.15. The van der Waals surface area contributed by atoms with E-state index in [0.717, 1.165) is 13.0 Å². The summed E-state index contributed by atoms with van der Waals surface area (Å²) < 4.78 is 49.4. The fraction of sp³-hybridized carbons (Fsp3) is 0.829. The number of aromatic hydroxyl groups is 1. The summed E-state index contributed by atoms with van der Waals surface area (Å²) in [6.07, 6.45) is 13.3. The van der Waals surface area contributed by atoms with Crippen molar-refractivity contribution in [2.75, 3.05) is 112 Å². The predicted octanol–water partition coefficient (Wildman–Crippen LogP) is 5.87. The molecule has 0 atom stereocenters. The van der Waals surface area contributed by atoms with Crippen molar-refractivity contribution in [2.45, 2.75) is 77.7 Å². The number of hydrogen-bond acceptors (Lipinski definition) is 12. The van der Waals surface area contributed by atoms with E-state index in [-0.39, 0.29) is 24.7 Å². The van der Waals surface area contributed by atoms with Crippen molar-refractivity contribution in [2.24, 2.45) is 0 Å². The van der Waals surface area contributed by atoms with E-state index < -0.39 is 4.92 Å². The molecule has 0 spiro atoms. The van der Waals surface area contributed by atoms with Gasteiger partial charge in [0, 0.05) is 24.3 Å². The molecule has 0 fully saturated rings. The van der Waals surface area contributed by atoms with Crippen molar-refractivity contribution >= 4 is 5.69 Å². The Kier molecular flexibility index (Phi) is 32.1. The Hall–Kier alpha value is -1.94. The summed E-state index contributed by atoms with van der Waals surface area (Å²) in [4.78, 5) is 10.3. The van der Waals surface area contributed by atoms with Gasteiger partial charge in [-0.25, -0.2) is 0 Å². The molecule has 0 unspecified atom stereocenters. The van der Waals surface area contributed by atoms with Gasteiger partial charge in [0.15, 0.2) is 0 Å². The van der Waals surface area contributed by atoms with Crippen molar-refractivity contribution in [1.29, 1.82) is 0 Å². The van der Waals surface area contributed by atoms with E-state index in [9.17, 15) is 15.2 Å². The average Bonchev–Trinajstić information content (AvgIpc) is 3.08. The van der Waals surface area contributed by atoms with Gasteiger partial charge in [0.25, 0.3) is 5.69 Å². The van der Waals surface area contributed by atoms with Gasteiger partial charge in [0.1, 0.15) is 5.75 Å². The molecule has 0 radical (unpaired) electrons. The van der Waals surface area contributed by atoms with Crippen LogP contribution in [0.25, 0.3) is 0 Å². The number of nitro benzene ring substituents is 1. The second-order valence-corrected chi connectivity index (χ2v) is 11.2. The highest BCUT2D eigenvalue weighted by Crippen LogP contribution is 2.23. The molecule has 1 aromatic carbocycles. The van der Waals surface area contributed by atoms with Crippen LogP contribution in [0.5, 0.6) is 5.75 Å². The normalized spacial score (nSPS) is 11.4. The van der Waals surface area contributed by atoms with E-state index >= 15 is 0 Å². The van der Waals surface area contributed by atoms with Gasteiger partial charge >= 0.3 is 0 Å². The molecule has 1 N–H and O–H groups in total. The molecule has 0 saturated carbocycles. The molecular formula is C35H63NO12. The minimum Gasteiger partial charge on any atom is -0.508 e. The molecule has 1 aromatic rings. The third-order valence-electron chi connectivity index (χ3n) is 7.15. The number of phenols is 1. The third kappa shape index (κ3) is 29.0. The molecule has 0 saturated heterocycles. The standard InChI is InChI=1S/C35H63NO12/c1-2-3-4-5-6-7-8-9-10-11-14-40-15-16-41-17-18-42-19-20-43-21-22-44-23-24-45-25-26-46-27-28-47-29-30-48-32-33-31-34(36(38)39)12-13-35(33)37/h12-13,31,37H,2-11,14-30,32H2,1H3. The first kappa shape index (κ1) is 44.1. The molecule has 0 amide bonds. The number of non-ortho nitro benzene ring substituents is 1. The van der Waals surface area contributed by atoms with Crippen LogP contribution in [-0.2, 0) is 49.2 Å². The van der Waals surface area contributed by atoms with Gasteiger partial charge in [-0.15, -0.1) is 0 Å². The molecule has 0 heterocycles. The maximum Gasteiger partial charge on any atom is 0.270 e. The quantitative estimate of drug-likeness (QED) is 0.0503. The highest BCUT2D eigenvalue weighted by molar-refractivity contribution is 5.42. The summed E-state index contributed by atoms with van der Waals surface area (Å²) in [5, 5.41) is 20.6. The largest absolute Gasteiger partial charge is 0.508 e. The monoisotopic (exact) mass is 689 g/mol. The number of unbranched alkanes of at least 4 members (excludes halogenated alkanes) is 9. The molecule has 13 heteroatoms. The first-order chi connectivity index (χ1) is 23.6. The number of nitro groups is 1. The zero-order valence-corrected chi connectivity index (χ0v) is 29.4. The van der Waals surface area contributed by atoms with Crippen LogP contribution in [0.3, 0.4) is 0 Å². The lowest BCUT2D eigenvalue weighted by Gasteiger charge is -2.09. The van der Waals surface area contributed by atoms with Crippen LogP contribution in [0.15, 0.2) is 18.2 Å². The number of ether oxygens (including phenoxy) is 9. The summed E-state index contributed by atoms with van der Waals surface area (Å²) in [5.74, 6) is -0.0432. The van der Waals surface area contributed by atoms with Gasteiger partial charge in [-0.1, -0.05) is 64.7 Å². The van der Waals surface area contributed by atoms with Gasteiger partial charge in [-0.05, 0) is 12.5 Å². The van der Waals surface area contributed by atoms with Crippen LogP contribution < -0.4 is 0 Å². The van der Waals surface area contributed by atoms with Crippen LogP contribution >= 0.6 is 0 Å². The van der Waals surface area contributed by atoms with Crippen molar-refractivity contribution in [3.05, 3.63) is 33.9 Å². The molecule has 0 aliphatic rings. The van der Waals surface area contributed by atoms with E-state index in [0.29, 0.717) is 105 Å². The van der Waals surface area contributed by atoms with E-state index in [2.05, 4.69) is 6.92 Å². The van der Waals surface area contributed by atoms with E-state index in [1.54, 1.807) is 0 Å². The zero-order valence-electron chi connectivity index (χ0n) is 29.4. The minimum absolute atomic E-state index is 0.0432. The molecule has 48 heavy (non-hydrogen) atoms. The first-order valence-electron chi connectivity index (χ1n) is 17.8. The highest BCUT2D eigenvalue weighted by atomic mass is 16.6. The van der Waals surface area contributed by atoms with Gasteiger partial charge in [-0.3, -0.25) is 10.1 Å². The summed E-state index contributed by atoms with van der Waals surface area (Å²) in [7, 11) is 0. The van der Waals surface area contributed by atoms with Crippen molar-refractivity contribution in [3.8, 4) is 5.75 Å². The lowest BCUT2D eigenvalue weighted by molar-refractivity contribution is -0.385. The molecular weight excluding hydrogens is 626 g/mol. The molecule has 0 bridgehead atoms. The molecule has 0 aliphatic heterocycles. The lowest BCUT2D eigenvalue weighted by Crippen LogP contribution is -2.15. The molecule has 0 aromatic heterocycles. The van der Waals surface area contributed by atoms with Gasteiger partial charge in [-0.2, -0.15) is 0 Å². The Labute approximate surface area is 287 Å². The number of benzene rings is 1. The van der Waals surface area contributed by atoms with Crippen LogP contribution in [0.4, 0.5) is 5.69 Å². The summed E-state index contributed by atoms with van der Waals surface area (Å²) in [6, 6.07) is 3.82. The average molecular weight is 690 g/mol. The summed E-state index contributed by atoms with van der Waals surface area (Å²) in [6.45, 7) is 10.8. The number of phenolic OH excluding ortho intramolecular Hbond substituents is 1. The van der Waals surface area contributed by atoms with Crippen molar-refractivity contribution < 1.29 is 52.7 Å². The van der Waals surface area contributed by atoms with Gasteiger partial charge in [0.2, 0.25) is 0 Å². The van der Waals surface area contributed by atoms with Crippen molar-refractivity contribution in [3.63, 3.8) is 0 Å². The SMILES string of the molecule is CCCCCCCCCCCCOCCOCCOCCOCCOCCOCCOCCOCCOCc1cc([N+](=O)[O-])ccc1O. The van der Waals surface area contributed by atoms with Crippen LogP contribution in [0, 0.1) is 10.1 Å². The predicted molar refractivity (Wildman–Crippen MR) is 183 cm³/mol. The fourth-order valence-corrected chi connectivity index (χ4v) is 4.43.